The summed E-state index contributed by atoms with van der Waals surface area (Å²) < 4.78 is 0. The van der Waals surface area contributed by atoms with Crippen LogP contribution in [-0.2, 0) is 0 Å². The zero-order chi connectivity index (χ0) is 8.97. The Labute approximate surface area is 72.6 Å². The van der Waals surface area contributed by atoms with Gasteiger partial charge in [-0.15, -0.1) is 0 Å². The Morgan fingerprint density at radius 3 is 2.58 bits per heavy atom. The molecule has 0 aromatic carbocycles. The molecule has 0 bridgehead atoms. The molecule has 0 aliphatic heterocycles. The normalized spacial score (nSPS) is 14.4. The molecule has 0 spiro atoms. The van der Waals surface area contributed by atoms with Gasteiger partial charge in [0.1, 0.15) is 0 Å². The van der Waals surface area contributed by atoms with Crippen molar-refractivity contribution in [2.24, 2.45) is 0 Å². The summed E-state index contributed by atoms with van der Waals surface area (Å²) in [6, 6.07) is 3.85. The maximum atomic E-state index is 9.09. The fourth-order valence-electron chi connectivity index (χ4n) is 1.07. The van der Waals surface area contributed by atoms with E-state index in [0.29, 0.717) is 0 Å². The molecule has 12 heavy (non-hydrogen) atoms. The fraction of sp³-hybridized carbons (Fsp3) is 0.300. The first kappa shape index (κ1) is 8.94. The molecule has 2 heteroatoms. The minimum atomic E-state index is -0.391. The molecule has 64 valence electrons. The molecule has 1 rings (SSSR count). The van der Waals surface area contributed by atoms with Gasteiger partial charge in [-0.3, -0.25) is 4.98 Å². The topological polar surface area (TPSA) is 33.1 Å². The first-order valence-electron chi connectivity index (χ1n) is 3.97. The fourth-order valence-corrected chi connectivity index (χ4v) is 1.07. The Hall–Kier alpha value is -1.15. The first-order chi connectivity index (χ1) is 5.70. The second-order valence-corrected chi connectivity index (χ2v) is 2.83. The highest BCUT2D eigenvalue weighted by Gasteiger charge is 1.95. The van der Waals surface area contributed by atoms with Crippen LogP contribution in [0.1, 0.15) is 19.4 Å². The summed E-state index contributed by atoms with van der Waals surface area (Å²) in [4.78, 5) is 3.92. The van der Waals surface area contributed by atoms with E-state index in [1.165, 1.54) is 0 Å². The third-order valence-electron chi connectivity index (χ3n) is 1.63. The van der Waals surface area contributed by atoms with Crippen molar-refractivity contribution in [1.82, 2.24) is 4.98 Å². The summed E-state index contributed by atoms with van der Waals surface area (Å²) in [5.41, 5.74) is 2.18. The molecule has 0 radical (unpaired) electrons. The van der Waals surface area contributed by atoms with Gasteiger partial charge in [0.15, 0.2) is 0 Å². The van der Waals surface area contributed by atoms with E-state index in [2.05, 4.69) is 4.98 Å². The SMILES string of the molecule is C/C(=C/C(C)O)c1ccncc1. The van der Waals surface area contributed by atoms with Gasteiger partial charge in [-0.1, -0.05) is 6.08 Å². The second kappa shape index (κ2) is 4.02. The van der Waals surface area contributed by atoms with Gasteiger partial charge in [0.25, 0.3) is 0 Å². The summed E-state index contributed by atoms with van der Waals surface area (Å²) in [6.07, 6.45) is 4.91. The average Bonchev–Trinajstić information content (AvgIpc) is 2.05. The Bertz CT molecular complexity index is 264. The van der Waals surface area contributed by atoms with Gasteiger partial charge in [-0.05, 0) is 37.1 Å². The van der Waals surface area contributed by atoms with Gasteiger partial charge >= 0.3 is 0 Å². The molecule has 0 saturated carbocycles. The molecule has 2 nitrogen and oxygen atoms in total. The lowest BCUT2D eigenvalue weighted by atomic mass is 10.1. The number of aromatic nitrogens is 1. The molecular formula is C10H13NO. The predicted octanol–water partition coefficient (Wildman–Crippen LogP) is 1.87. The van der Waals surface area contributed by atoms with Crippen molar-refractivity contribution in [2.75, 3.05) is 0 Å². The molecule has 0 saturated heterocycles. The lowest BCUT2D eigenvalue weighted by Crippen LogP contribution is -1.94. The van der Waals surface area contributed by atoms with Crippen LogP contribution in [0.2, 0.25) is 0 Å². The monoisotopic (exact) mass is 163 g/mol. The van der Waals surface area contributed by atoms with Crippen molar-refractivity contribution in [3.05, 3.63) is 36.2 Å². The molecule has 1 atom stereocenters. The molecule has 0 fully saturated rings. The van der Waals surface area contributed by atoms with Crippen LogP contribution in [0.25, 0.3) is 5.57 Å². The average molecular weight is 163 g/mol. The summed E-state index contributed by atoms with van der Waals surface area (Å²) in [6.45, 7) is 3.72. The second-order valence-electron chi connectivity index (χ2n) is 2.83. The minimum absolute atomic E-state index is 0.391. The number of hydrogen-bond donors (Lipinski definition) is 1. The van der Waals surface area contributed by atoms with Gasteiger partial charge in [-0.2, -0.15) is 0 Å². The number of rotatable bonds is 2. The third kappa shape index (κ3) is 2.47. The molecule has 1 heterocycles. The van der Waals surface area contributed by atoms with E-state index in [1.807, 2.05) is 25.1 Å². The van der Waals surface area contributed by atoms with E-state index in [4.69, 9.17) is 5.11 Å². The Morgan fingerprint density at radius 1 is 1.50 bits per heavy atom. The van der Waals surface area contributed by atoms with Crippen LogP contribution in [0.5, 0.6) is 0 Å². The van der Waals surface area contributed by atoms with Crippen molar-refractivity contribution in [2.45, 2.75) is 20.0 Å². The van der Waals surface area contributed by atoms with Gasteiger partial charge in [0.2, 0.25) is 0 Å². The van der Waals surface area contributed by atoms with Crippen LogP contribution in [0.4, 0.5) is 0 Å². The molecule has 1 N–H and O–H groups in total. The number of pyridine rings is 1. The molecule has 0 aliphatic rings. The molecule has 0 aliphatic carbocycles. The number of hydrogen-bond acceptors (Lipinski definition) is 2. The molecule has 1 aromatic rings. The predicted molar refractivity (Wildman–Crippen MR) is 49.6 cm³/mol. The van der Waals surface area contributed by atoms with E-state index in [1.54, 1.807) is 19.3 Å². The van der Waals surface area contributed by atoms with Gasteiger partial charge < -0.3 is 5.11 Å². The zero-order valence-electron chi connectivity index (χ0n) is 7.36. The van der Waals surface area contributed by atoms with Gasteiger partial charge in [-0.25, -0.2) is 0 Å². The summed E-state index contributed by atoms with van der Waals surface area (Å²) in [7, 11) is 0. The number of aliphatic hydroxyl groups excluding tert-OH is 1. The van der Waals surface area contributed by atoms with Crippen LogP contribution in [-0.4, -0.2) is 16.2 Å². The van der Waals surface area contributed by atoms with Gasteiger partial charge in [0, 0.05) is 12.4 Å². The summed E-state index contributed by atoms with van der Waals surface area (Å²) >= 11 is 0. The summed E-state index contributed by atoms with van der Waals surface area (Å²) in [5, 5.41) is 9.09. The maximum absolute atomic E-state index is 9.09. The first-order valence-corrected chi connectivity index (χ1v) is 3.97. The standard InChI is InChI=1S/C10H13NO/c1-8(7-9(2)12)10-3-5-11-6-4-10/h3-7,9,12H,1-2H3/b8-7-. The van der Waals surface area contributed by atoms with Gasteiger partial charge in [0.05, 0.1) is 6.10 Å². The molecular weight excluding hydrogens is 150 g/mol. The van der Waals surface area contributed by atoms with Crippen molar-refractivity contribution >= 4 is 5.57 Å². The minimum Gasteiger partial charge on any atom is -0.389 e. The van der Waals surface area contributed by atoms with Crippen molar-refractivity contribution in [1.29, 1.82) is 0 Å². The lowest BCUT2D eigenvalue weighted by Gasteiger charge is -2.01. The number of allylic oxidation sites excluding steroid dienone is 1. The quantitative estimate of drug-likeness (QED) is 0.722. The van der Waals surface area contributed by atoms with Crippen molar-refractivity contribution in [3.8, 4) is 0 Å². The Balaban J connectivity index is 2.85. The largest absolute Gasteiger partial charge is 0.389 e. The van der Waals surface area contributed by atoms with Crippen molar-refractivity contribution in [3.63, 3.8) is 0 Å². The summed E-state index contributed by atoms with van der Waals surface area (Å²) in [5.74, 6) is 0. The van der Waals surface area contributed by atoms with E-state index >= 15 is 0 Å². The number of aliphatic hydroxyl groups is 1. The Morgan fingerprint density at radius 2 is 2.08 bits per heavy atom. The van der Waals surface area contributed by atoms with E-state index in [-0.39, 0.29) is 0 Å². The van der Waals surface area contributed by atoms with Crippen LogP contribution < -0.4 is 0 Å². The van der Waals surface area contributed by atoms with Crippen LogP contribution in [0, 0.1) is 0 Å². The zero-order valence-corrected chi connectivity index (χ0v) is 7.36. The smallest absolute Gasteiger partial charge is 0.0698 e. The Kier molecular flexibility index (Phi) is 3.00. The molecule has 0 amide bonds. The highest BCUT2D eigenvalue weighted by molar-refractivity contribution is 5.63. The van der Waals surface area contributed by atoms with E-state index in [9.17, 15) is 0 Å². The van der Waals surface area contributed by atoms with Crippen LogP contribution >= 0.6 is 0 Å². The highest BCUT2D eigenvalue weighted by atomic mass is 16.3. The van der Waals surface area contributed by atoms with E-state index < -0.39 is 6.10 Å². The maximum Gasteiger partial charge on any atom is 0.0698 e. The van der Waals surface area contributed by atoms with E-state index in [0.717, 1.165) is 11.1 Å². The lowest BCUT2D eigenvalue weighted by molar-refractivity contribution is 0.244. The van der Waals surface area contributed by atoms with Crippen LogP contribution in [0.15, 0.2) is 30.6 Å². The molecule has 1 unspecified atom stereocenters. The van der Waals surface area contributed by atoms with Crippen molar-refractivity contribution < 1.29 is 5.11 Å². The highest BCUT2D eigenvalue weighted by Crippen LogP contribution is 2.12. The number of nitrogens with zero attached hydrogens (tertiary/aromatic N) is 1. The third-order valence-corrected chi connectivity index (χ3v) is 1.63. The molecule has 1 aromatic heterocycles. The van der Waals surface area contributed by atoms with Crippen LogP contribution in [0.3, 0.4) is 0 Å².